The molecule has 0 N–H and O–H groups in total. The highest BCUT2D eigenvalue weighted by atomic mass is 32.1. The molecule has 0 radical (unpaired) electrons. The molecule has 0 aromatic carbocycles. The fraction of sp³-hybridized carbons (Fsp3) is 0.385. The van der Waals surface area contributed by atoms with Crippen LogP contribution in [0.3, 0.4) is 0 Å². The van der Waals surface area contributed by atoms with E-state index in [1.165, 1.54) is 7.11 Å². The van der Waals surface area contributed by atoms with E-state index in [0.29, 0.717) is 18.4 Å². The standard InChI is InChI=1S/C13H17NOS/c1-9(2)6-11(7-10(3)4)12(8-14)13(16)15-5/h1,3,6-7H2,2,4-5H3. The van der Waals surface area contributed by atoms with E-state index in [0.717, 1.165) is 16.7 Å². The largest absolute Gasteiger partial charge is 0.486 e. The van der Waals surface area contributed by atoms with Crippen LogP contribution in [-0.4, -0.2) is 12.2 Å². The molecule has 0 rings (SSSR count). The molecule has 86 valence electrons. The van der Waals surface area contributed by atoms with Crippen molar-refractivity contribution in [3.8, 4) is 6.07 Å². The Bertz CT molecular complexity index is 367. The predicted octanol–water partition coefficient (Wildman–Crippen LogP) is 3.71. The SMILES string of the molecule is C=C(C)CC(CC(=C)C)=C(C#N)C(=S)OC. The number of ether oxygens (including phenoxy) is 1. The zero-order valence-corrected chi connectivity index (χ0v) is 10.9. The lowest BCUT2D eigenvalue weighted by atomic mass is 9.96. The number of nitriles is 1. The Morgan fingerprint density at radius 3 is 1.94 bits per heavy atom. The Morgan fingerprint density at radius 2 is 1.69 bits per heavy atom. The fourth-order valence-electron chi connectivity index (χ4n) is 1.34. The average molecular weight is 235 g/mol. The second-order valence-corrected chi connectivity index (χ2v) is 4.22. The van der Waals surface area contributed by atoms with Crippen molar-refractivity contribution in [1.29, 1.82) is 5.26 Å². The Kier molecular flexibility index (Phi) is 6.36. The Morgan fingerprint density at radius 1 is 1.25 bits per heavy atom. The molecule has 0 saturated heterocycles. The van der Waals surface area contributed by atoms with Crippen molar-refractivity contribution in [2.75, 3.05) is 7.11 Å². The molecule has 0 heterocycles. The summed E-state index contributed by atoms with van der Waals surface area (Å²) >= 11 is 5.00. The van der Waals surface area contributed by atoms with Crippen LogP contribution in [-0.2, 0) is 4.74 Å². The molecule has 0 aromatic rings. The molecule has 0 aliphatic carbocycles. The van der Waals surface area contributed by atoms with E-state index in [1.54, 1.807) is 0 Å². The zero-order valence-electron chi connectivity index (χ0n) is 10.1. The van der Waals surface area contributed by atoms with Gasteiger partial charge in [0.2, 0.25) is 5.05 Å². The average Bonchev–Trinajstić information content (AvgIpc) is 2.16. The lowest BCUT2D eigenvalue weighted by Gasteiger charge is -2.11. The van der Waals surface area contributed by atoms with Crippen molar-refractivity contribution in [2.24, 2.45) is 0 Å². The van der Waals surface area contributed by atoms with Crippen molar-refractivity contribution < 1.29 is 4.74 Å². The fourth-order valence-corrected chi connectivity index (χ4v) is 1.53. The quantitative estimate of drug-likeness (QED) is 0.315. The number of thiocarbonyl (C=S) groups is 1. The van der Waals surface area contributed by atoms with Crippen molar-refractivity contribution in [1.82, 2.24) is 0 Å². The lowest BCUT2D eigenvalue weighted by molar-refractivity contribution is 0.415. The van der Waals surface area contributed by atoms with Gasteiger partial charge in [-0.2, -0.15) is 5.26 Å². The van der Waals surface area contributed by atoms with Crippen LogP contribution in [0, 0.1) is 11.3 Å². The van der Waals surface area contributed by atoms with Gasteiger partial charge in [-0.25, -0.2) is 0 Å². The molecule has 16 heavy (non-hydrogen) atoms. The van der Waals surface area contributed by atoms with E-state index in [-0.39, 0.29) is 5.05 Å². The third-order valence-corrected chi connectivity index (χ3v) is 2.26. The van der Waals surface area contributed by atoms with E-state index in [1.807, 2.05) is 13.8 Å². The molecule has 0 aliphatic rings. The van der Waals surface area contributed by atoms with Crippen molar-refractivity contribution >= 4 is 17.3 Å². The Balaban J connectivity index is 5.30. The van der Waals surface area contributed by atoms with Gasteiger partial charge in [-0.1, -0.05) is 24.3 Å². The summed E-state index contributed by atoms with van der Waals surface area (Å²) < 4.78 is 4.94. The molecule has 0 aliphatic heterocycles. The van der Waals surface area contributed by atoms with E-state index in [4.69, 9.17) is 22.2 Å². The minimum Gasteiger partial charge on any atom is -0.486 e. The first-order valence-electron chi connectivity index (χ1n) is 4.91. The number of hydrogen-bond acceptors (Lipinski definition) is 3. The zero-order chi connectivity index (χ0) is 12.7. The molecule has 0 fully saturated rings. The molecule has 0 atom stereocenters. The number of methoxy groups -OCH3 is 1. The van der Waals surface area contributed by atoms with E-state index < -0.39 is 0 Å². The maximum atomic E-state index is 9.09. The number of rotatable bonds is 5. The summed E-state index contributed by atoms with van der Waals surface area (Å²) in [7, 11) is 1.47. The highest BCUT2D eigenvalue weighted by molar-refractivity contribution is 7.80. The van der Waals surface area contributed by atoms with Gasteiger partial charge in [0.05, 0.1) is 7.11 Å². The monoisotopic (exact) mass is 235 g/mol. The van der Waals surface area contributed by atoms with E-state index >= 15 is 0 Å². The van der Waals surface area contributed by atoms with Gasteiger partial charge in [0, 0.05) is 0 Å². The topological polar surface area (TPSA) is 33.0 Å². The second kappa shape index (κ2) is 6.97. The summed E-state index contributed by atoms with van der Waals surface area (Å²) in [6.07, 6.45) is 1.30. The van der Waals surface area contributed by atoms with E-state index in [9.17, 15) is 0 Å². The van der Waals surface area contributed by atoms with Gasteiger partial charge in [-0.15, -0.1) is 0 Å². The van der Waals surface area contributed by atoms with Crippen LogP contribution in [0.2, 0.25) is 0 Å². The molecule has 2 nitrogen and oxygen atoms in total. The van der Waals surface area contributed by atoms with Crippen LogP contribution in [0.15, 0.2) is 35.5 Å². The Hall–Kier alpha value is -1.40. The third kappa shape index (κ3) is 4.90. The van der Waals surface area contributed by atoms with Crippen LogP contribution < -0.4 is 0 Å². The van der Waals surface area contributed by atoms with Gasteiger partial charge < -0.3 is 4.74 Å². The summed E-state index contributed by atoms with van der Waals surface area (Å²) in [6, 6.07) is 2.09. The first-order chi connectivity index (χ1) is 7.42. The van der Waals surface area contributed by atoms with Crippen LogP contribution in [0.5, 0.6) is 0 Å². The van der Waals surface area contributed by atoms with Gasteiger partial charge >= 0.3 is 0 Å². The van der Waals surface area contributed by atoms with Crippen molar-refractivity contribution in [3.05, 3.63) is 35.5 Å². The first kappa shape index (κ1) is 14.6. The molecule has 0 spiro atoms. The highest BCUT2D eigenvalue weighted by Crippen LogP contribution is 2.22. The van der Waals surface area contributed by atoms with Gasteiger partial charge in [0.25, 0.3) is 0 Å². The second-order valence-electron chi connectivity index (χ2n) is 3.85. The first-order valence-corrected chi connectivity index (χ1v) is 5.32. The molecule has 0 saturated carbocycles. The molecule has 3 heteroatoms. The van der Waals surface area contributed by atoms with Crippen LogP contribution in [0.4, 0.5) is 0 Å². The Labute approximate surface area is 103 Å². The summed E-state index contributed by atoms with van der Waals surface area (Å²) in [4.78, 5) is 0. The lowest BCUT2D eigenvalue weighted by Crippen LogP contribution is -2.05. The smallest absolute Gasteiger partial charge is 0.201 e. The number of hydrogen-bond donors (Lipinski definition) is 0. The van der Waals surface area contributed by atoms with Crippen molar-refractivity contribution in [3.63, 3.8) is 0 Å². The summed E-state index contributed by atoms with van der Waals surface area (Å²) in [5, 5.41) is 9.33. The molecule has 0 amide bonds. The minimum absolute atomic E-state index is 0.236. The molecular formula is C13H17NOS. The molecular weight excluding hydrogens is 218 g/mol. The summed E-state index contributed by atoms with van der Waals surface area (Å²) in [5.74, 6) is 0. The van der Waals surface area contributed by atoms with Crippen LogP contribution in [0.1, 0.15) is 26.7 Å². The maximum absolute atomic E-state index is 9.09. The number of nitrogens with zero attached hydrogens (tertiary/aromatic N) is 1. The van der Waals surface area contributed by atoms with Gasteiger partial charge in [0.1, 0.15) is 11.6 Å². The van der Waals surface area contributed by atoms with E-state index in [2.05, 4.69) is 19.2 Å². The van der Waals surface area contributed by atoms with Gasteiger partial charge in [-0.05, 0) is 44.5 Å². The third-order valence-electron chi connectivity index (χ3n) is 1.89. The molecule has 0 aromatic heterocycles. The number of allylic oxidation sites excluding steroid dienone is 3. The van der Waals surface area contributed by atoms with Crippen LogP contribution >= 0.6 is 12.2 Å². The predicted molar refractivity (Wildman–Crippen MR) is 71.1 cm³/mol. The maximum Gasteiger partial charge on any atom is 0.201 e. The van der Waals surface area contributed by atoms with Gasteiger partial charge in [0.15, 0.2) is 0 Å². The minimum atomic E-state index is 0.236. The normalized spacial score (nSPS) is 8.88. The van der Waals surface area contributed by atoms with Crippen molar-refractivity contribution in [2.45, 2.75) is 26.7 Å². The van der Waals surface area contributed by atoms with Gasteiger partial charge in [-0.3, -0.25) is 0 Å². The summed E-state index contributed by atoms with van der Waals surface area (Å²) in [6.45, 7) is 11.5. The molecule has 0 bridgehead atoms. The molecule has 0 unspecified atom stereocenters. The summed E-state index contributed by atoms with van der Waals surface area (Å²) in [5.41, 5.74) is 3.34. The highest BCUT2D eigenvalue weighted by Gasteiger charge is 2.12. The van der Waals surface area contributed by atoms with Crippen LogP contribution in [0.25, 0.3) is 0 Å².